The molecule has 36 heavy (non-hydrogen) atoms. The summed E-state index contributed by atoms with van der Waals surface area (Å²) in [6.45, 7) is 1.87. The van der Waals surface area contributed by atoms with E-state index >= 15 is 0 Å². The summed E-state index contributed by atoms with van der Waals surface area (Å²) in [5, 5.41) is 5.69. The molecule has 0 aliphatic carbocycles. The van der Waals surface area contributed by atoms with Crippen LogP contribution in [0.1, 0.15) is 22.8 Å². The van der Waals surface area contributed by atoms with E-state index in [0.717, 1.165) is 0 Å². The maximum Gasteiger partial charge on any atom is 0.411 e. The second-order valence-electron chi connectivity index (χ2n) is 7.58. The SMILES string of the molecule is CCOC(=O)N1CSCC1C(=O)N[C@@H](Cc1ccc(NC(=O)c2c(Cl)cccc2Cl)nc1)C(=O)OC. The number of halogens is 2. The molecular formula is C23H24Cl2N4O6S. The van der Waals surface area contributed by atoms with Crippen LogP contribution in [0.2, 0.25) is 10.0 Å². The number of amides is 3. The normalized spacial score (nSPS) is 15.7. The van der Waals surface area contributed by atoms with Gasteiger partial charge >= 0.3 is 12.1 Å². The number of carbonyl (C=O) groups is 4. The Morgan fingerprint density at radius 2 is 1.92 bits per heavy atom. The fraction of sp³-hybridized carbons (Fsp3) is 0.348. The lowest BCUT2D eigenvalue weighted by molar-refractivity contribution is -0.145. The predicted octanol–water partition coefficient (Wildman–Crippen LogP) is 3.37. The van der Waals surface area contributed by atoms with E-state index in [2.05, 4.69) is 15.6 Å². The summed E-state index contributed by atoms with van der Waals surface area (Å²) in [5.41, 5.74) is 0.727. The number of nitrogens with zero attached hydrogens (tertiary/aromatic N) is 2. The van der Waals surface area contributed by atoms with Crippen molar-refractivity contribution in [2.75, 3.05) is 30.7 Å². The molecule has 10 nitrogen and oxygen atoms in total. The summed E-state index contributed by atoms with van der Waals surface area (Å²) in [7, 11) is 1.22. The molecule has 13 heteroatoms. The molecule has 0 bridgehead atoms. The van der Waals surface area contributed by atoms with Gasteiger partial charge < -0.3 is 20.1 Å². The van der Waals surface area contributed by atoms with E-state index in [1.165, 1.54) is 30.0 Å². The molecule has 192 valence electrons. The van der Waals surface area contributed by atoms with Crippen LogP contribution in [-0.2, 0) is 25.5 Å². The first kappa shape index (κ1) is 27.6. The molecule has 2 N–H and O–H groups in total. The Balaban J connectivity index is 1.66. The third-order valence-corrected chi connectivity index (χ3v) is 6.83. The van der Waals surface area contributed by atoms with Gasteiger partial charge in [0.25, 0.3) is 5.91 Å². The summed E-state index contributed by atoms with van der Waals surface area (Å²) in [5.74, 6) is -0.725. The van der Waals surface area contributed by atoms with E-state index in [-0.39, 0.29) is 34.5 Å². The van der Waals surface area contributed by atoms with Crippen molar-refractivity contribution in [3.05, 3.63) is 57.7 Å². The number of ether oxygens (including phenoxy) is 2. The minimum Gasteiger partial charge on any atom is -0.467 e. The van der Waals surface area contributed by atoms with Gasteiger partial charge in [-0.25, -0.2) is 14.6 Å². The van der Waals surface area contributed by atoms with Crippen molar-refractivity contribution in [2.45, 2.75) is 25.4 Å². The summed E-state index contributed by atoms with van der Waals surface area (Å²) in [6.07, 6.45) is 0.953. The Morgan fingerprint density at radius 3 is 2.53 bits per heavy atom. The number of carbonyl (C=O) groups excluding carboxylic acids is 4. The van der Waals surface area contributed by atoms with E-state index < -0.39 is 36.0 Å². The van der Waals surface area contributed by atoms with Gasteiger partial charge in [-0.1, -0.05) is 35.3 Å². The van der Waals surface area contributed by atoms with Crippen LogP contribution in [0, 0.1) is 0 Å². The van der Waals surface area contributed by atoms with Crippen molar-refractivity contribution >= 4 is 64.7 Å². The highest BCUT2D eigenvalue weighted by molar-refractivity contribution is 7.99. The van der Waals surface area contributed by atoms with Crippen LogP contribution in [0.4, 0.5) is 10.6 Å². The van der Waals surface area contributed by atoms with Crippen LogP contribution >= 0.6 is 35.0 Å². The number of anilines is 1. The van der Waals surface area contributed by atoms with Crippen molar-refractivity contribution < 1.29 is 28.7 Å². The average molecular weight is 555 g/mol. The molecule has 0 spiro atoms. The molecule has 1 saturated heterocycles. The van der Waals surface area contributed by atoms with E-state index in [9.17, 15) is 19.2 Å². The van der Waals surface area contributed by atoms with Crippen molar-refractivity contribution in [3.63, 3.8) is 0 Å². The second-order valence-corrected chi connectivity index (χ2v) is 9.39. The van der Waals surface area contributed by atoms with Crippen LogP contribution < -0.4 is 10.6 Å². The van der Waals surface area contributed by atoms with Gasteiger partial charge in [0.1, 0.15) is 17.9 Å². The average Bonchev–Trinajstić information content (AvgIpc) is 3.35. The van der Waals surface area contributed by atoms with E-state index in [1.807, 2.05) is 0 Å². The van der Waals surface area contributed by atoms with Gasteiger partial charge in [-0.3, -0.25) is 14.5 Å². The summed E-state index contributed by atoms with van der Waals surface area (Å²) < 4.78 is 9.85. The standard InChI is InChI=1S/C23H24Cl2N4O6S/c1-3-35-23(33)29-12-36-11-17(29)20(30)27-16(22(32)34-2)9-13-7-8-18(26-10-13)28-21(31)19-14(24)5-4-6-15(19)25/h4-8,10,16-17H,3,9,11-12H2,1-2H3,(H,27,30)(H,26,28,31)/t16-,17?/m0/s1. The van der Waals surface area contributed by atoms with Gasteiger partial charge in [0, 0.05) is 18.4 Å². The summed E-state index contributed by atoms with van der Waals surface area (Å²) >= 11 is 13.6. The first-order valence-corrected chi connectivity index (χ1v) is 12.8. The largest absolute Gasteiger partial charge is 0.467 e. The van der Waals surface area contributed by atoms with Gasteiger partial charge in [-0.05, 0) is 30.7 Å². The molecule has 1 aromatic carbocycles. The zero-order chi connectivity index (χ0) is 26.2. The lowest BCUT2D eigenvalue weighted by Gasteiger charge is -2.24. The van der Waals surface area contributed by atoms with Crippen molar-refractivity contribution in [2.24, 2.45) is 0 Å². The topological polar surface area (TPSA) is 127 Å². The number of hydrogen-bond acceptors (Lipinski definition) is 8. The number of rotatable bonds is 8. The van der Waals surface area contributed by atoms with Gasteiger partial charge in [0.05, 0.1) is 35.2 Å². The van der Waals surface area contributed by atoms with Crippen LogP contribution in [-0.4, -0.2) is 71.2 Å². The molecule has 2 atom stereocenters. The zero-order valence-electron chi connectivity index (χ0n) is 19.5. The number of benzene rings is 1. The first-order chi connectivity index (χ1) is 17.2. The monoisotopic (exact) mass is 554 g/mol. The summed E-state index contributed by atoms with van der Waals surface area (Å²) in [6, 6.07) is 6.15. The Bertz CT molecular complexity index is 1110. The predicted molar refractivity (Wildman–Crippen MR) is 136 cm³/mol. The van der Waals surface area contributed by atoms with E-state index in [0.29, 0.717) is 17.2 Å². The maximum absolute atomic E-state index is 12.9. The van der Waals surface area contributed by atoms with Crippen LogP contribution in [0.3, 0.4) is 0 Å². The molecular weight excluding hydrogens is 531 g/mol. The molecule has 1 fully saturated rings. The molecule has 3 amide bonds. The Hall–Kier alpha value is -3.02. The van der Waals surface area contributed by atoms with E-state index in [4.69, 9.17) is 32.7 Å². The number of esters is 1. The number of nitrogens with one attached hydrogen (secondary N) is 2. The van der Waals surface area contributed by atoms with Gasteiger partial charge in [-0.15, -0.1) is 11.8 Å². The van der Waals surface area contributed by atoms with Gasteiger partial charge in [0.2, 0.25) is 5.91 Å². The van der Waals surface area contributed by atoms with E-state index in [1.54, 1.807) is 37.3 Å². The molecule has 3 rings (SSSR count). The smallest absolute Gasteiger partial charge is 0.411 e. The third kappa shape index (κ3) is 6.80. The van der Waals surface area contributed by atoms with Crippen molar-refractivity contribution in [3.8, 4) is 0 Å². The number of aromatic nitrogens is 1. The minimum atomic E-state index is -1.01. The highest BCUT2D eigenvalue weighted by Gasteiger charge is 2.37. The van der Waals surface area contributed by atoms with Crippen LogP contribution in [0.25, 0.3) is 0 Å². The first-order valence-electron chi connectivity index (χ1n) is 10.8. The molecule has 0 radical (unpaired) electrons. The highest BCUT2D eigenvalue weighted by atomic mass is 35.5. The summed E-state index contributed by atoms with van der Waals surface area (Å²) in [4.78, 5) is 55.4. The molecule has 1 aliphatic heterocycles. The fourth-order valence-corrected chi connectivity index (χ4v) is 5.11. The number of pyridine rings is 1. The molecule has 2 heterocycles. The number of methoxy groups -OCH3 is 1. The van der Waals surface area contributed by atoms with Crippen molar-refractivity contribution in [1.82, 2.24) is 15.2 Å². The molecule has 1 unspecified atom stereocenters. The van der Waals surface area contributed by atoms with Gasteiger partial charge in [0.15, 0.2) is 0 Å². The quantitative estimate of drug-likeness (QED) is 0.475. The van der Waals surface area contributed by atoms with Crippen LogP contribution in [0.5, 0.6) is 0 Å². The fourth-order valence-electron chi connectivity index (χ4n) is 3.40. The minimum absolute atomic E-state index is 0.0786. The Morgan fingerprint density at radius 1 is 1.19 bits per heavy atom. The lowest BCUT2D eigenvalue weighted by atomic mass is 10.1. The molecule has 1 aromatic heterocycles. The highest BCUT2D eigenvalue weighted by Crippen LogP contribution is 2.25. The second kappa shape index (κ2) is 12.8. The Labute approximate surface area is 222 Å². The third-order valence-electron chi connectivity index (χ3n) is 5.19. The molecule has 0 saturated carbocycles. The van der Waals surface area contributed by atoms with Crippen LogP contribution in [0.15, 0.2) is 36.5 Å². The van der Waals surface area contributed by atoms with Gasteiger partial charge in [-0.2, -0.15) is 0 Å². The molecule has 1 aliphatic rings. The lowest BCUT2D eigenvalue weighted by Crippen LogP contribution is -2.52. The zero-order valence-corrected chi connectivity index (χ0v) is 21.8. The van der Waals surface area contributed by atoms with Crippen molar-refractivity contribution in [1.29, 1.82) is 0 Å². The molecule has 2 aromatic rings. The number of thioether (sulfide) groups is 1. The maximum atomic E-state index is 12.9. The Kier molecular flexibility index (Phi) is 9.80. The number of hydrogen-bond donors (Lipinski definition) is 2.